The second-order valence-corrected chi connectivity index (χ2v) is 9.12. The molecule has 0 saturated carbocycles. The Bertz CT molecular complexity index is 1360. The van der Waals surface area contributed by atoms with Gasteiger partial charge in [-0.15, -0.1) is 0 Å². The number of hydrogen-bond donors (Lipinski definition) is 1. The van der Waals surface area contributed by atoms with E-state index in [1.807, 2.05) is 57.2 Å². The number of carbonyl (C=O) groups is 2. The minimum atomic E-state index is -0.370. The molecule has 0 bridgehead atoms. The van der Waals surface area contributed by atoms with Crippen LogP contribution in [0.4, 0.5) is 5.69 Å². The van der Waals surface area contributed by atoms with Crippen LogP contribution in [0.3, 0.4) is 0 Å². The number of rotatable bonds is 6. The molecule has 5 nitrogen and oxygen atoms in total. The molecule has 3 aromatic carbocycles. The number of pyridine rings is 1. The summed E-state index contributed by atoms with van der Waals surface area (Å²) in [5.74, 6) is -0.609. The summed E-state index contributed by atoms with van der Waals surface area (Å²) < 4.78 is 6.14. The SMILES string of the molecule is CCCOC(=O)c1ccc(NC(=O)c2cc(-c3ccc(Br)cc3)nc3c(C)cc(C)cc23)cc1. The second-order valence-electron chi connectivity index (χ2n) is 8.21. The average molecular weight is 517 g/mol. The number of aromatic nitrogens is 1. The third-order valence-electron chi connectivity index (χ3n) is 5.45. The van der Waals surface area contributed by atoms with Gasteiger partial charge in [-0.3, -0.25) is 4.79 Å². The molecule has 0 atom stereocenters. The van der Waals surface area contributed by atoms with Gasteiger partial charge in [0.2, 0.25) is 0 Å². The Labute approximate surface area is 207 Å². The number of amides is 1. The molecule has 172 valence electrons. The fourth-order valence-corrected chi connectivity index (χ4v) is 4.07. The van der Waals surface area contributed by atoms with Gasteiger partial charge in [0.1, 0.15) is 0 Å². The normalized spacial score (nSPS) is 10.8. The molecule has 34 heavy (non-hydrogen) atoms. The fourth-order valence-electron chi connectivity index (χ4n) is 3.80. The van der Waals surface area contributed by atoms with Crippen LogP contribution in [0.1, 0.15) is 45.2 Å². The zero-order valence-corrected chi connectivity index (χ0v) is 20.9. The van der Waals surface area contributed by atoms with Gasteiger partial charge in [0.05, 0.1) is 28.9 Å². The predicted molar refractivity (Wildman–Crippen MR) is 139 cm³/mol. The Morgan fingerprint density at radius 1 is 0.971 bits per heavy atom. The van der Waals surface area contributed by atoms with Crippen molar-refractivity contribution in [2.45, 2.75) is 27.2 Å². The number of fused-ring (bicyclic) bond motifs is 1. The molecule has 0 unspecified atom stereocenters. The van der Waals surface area contributed by atoms with Crippen LogP contribution in [0, 0.1) is 13.8 Å². The predicted octanol–water partition coefficient (Wildman–Crippen LogP) is 7.10. The van der Waals surface area contributed by atoms with Gasteiger partial charge in [0, 0.05) is 21.1 Å². The van der Waals surface area contributed by atoms with Crippen molar-refractivity contribution in [3.63, 3.8) is 0 Å². The van der Waals surface area contributed by atoms with Crippen LogP contribution in [0.5, 0.6) is 0 Å². The fraction of sp³-hybridized carbons (Fsp3) is 0.179. The monoisotopic (exact) mass is 516 g/mol. The Balaban J connectivity index is 1.70. The van der Waals surface area contributed by atoms with E-state index in [1.54, 1.807) is 24.3 Å². The van der Waals surface area contributed by atoms with Crippen molar-refractivity contribution in [3.8, 4) is 11.3 Å². The Hall–Kier alpha value is -3.51. The number of esters is 1. The number of aryl methyl sites for hydroxylation is 2. The third kappa shape index (κ3) is 5.18. The van der Waals surface area contributed by atoms with Crippen LogP contribution in [0.2, 0.25) is 0 Å². The number of benzene rings is 3. The molecule has 0 aliphatic heterocycles. The lowest BCUT2D eigenvalue weighted by Gasteiger charge is -2.13. The lowest BCUT2D eigenvalue weighted by Crippen LogP contribution is -2.14. The van der Waals surface area contributed by atoms with Gasteiger partial charge in [-0.25, -0.2) is 9.78 Å². The van der Waals surface area contributed by atoms with Crippen LogP contribution < -0.4 is 5.32 Å². The minimum absolute atomic E-state index is 0.239. The largest absolute Gasteiger partial charge is 0.462 e. The van der Waals surface area contributed by atoms with Crippen LogP contribution in [0.25, 0.3) is 22.2 Å². The van der Waals surface area contributed by atoms with Gasteiger partial charge in [0.15, 0.2) is 0 Å². The highest BCUT2D eigenvalue weighted by Gasteiger charge is 2.17. The van der Waals surface area contributed by atoms with Gasteiger partial charge in [-0.05, 0) is 74.4 Å². The molecule has 0 aliphatic carbocycles. The molecule has 1 heterocycles. The number of halogens is 1. The van der Waals surface area contributed by atoms with E-state index in [0.29, 0.717) is 23.4 Å². The van der Waals surface area contributed by atoms with Crippen LogP contribution in [0.15, 0.2) is 71.2 Å². The maximum atomic E-state index is 13.4. The molecular formula is C28H25BrN2O3. The zero-order chi connectivity index (χ0) is 24.2. The summed E-state index contributed by atoms with van der Waals surface area (Å²) in [6, 6.07) is 20.5. The van der Waals surface area contributed by atoms with E-state index in [9.17, 15) is 9.59 Å². The summed E-state index contributed by atoms with van der Waals surface area (Å²) in [6.45, 7) is 6.34. The van der Waals surface area contributed by atoms with Gasteiger partial charge in [0.25, 0.3) is 5.91 Å². The quantitative estimate of drug-likeness (QED) is 0.277. The van der Waals surface area contributed by atoms with Gasteiger partial charge in [-0.2, -0.15) is 0 Å². The lowest BCUT2D eigenvalue weighted by atomic mass is 9.99. The standard InChI is InChI=1S/C28H25BrN2O3/c1-4-13-34-28(33)20-7-11-22(12-8-20)30-27(32)24-16-25(19-5-9-21(29)10-6-19)31-26-18(3)14-17(2)15-23(24)26/h5-12,14-16H,4,13H2,1-3H3,(H,30,32). The van der Waals surface area contributed by atoms with E-state index >= 15 is 0 Å². The smallest absolute Gasteiger partial charge is 0.338 e. The summed E-state index contributed by atoms with van der Waals surface area (Å²) in [7, 11) is 0. The van der Waals surface area contributed by atoms with Crippen LogP contribution in [-0.4, -0.2) is 23.5 Å². The molecule has 0 spiro atoms. The van der Waals surface area contributed by atoms with E-state index in [4.69, 9.17) is 9.72 Å². The average Bonchev–Trinajstić information content (AvgIpc) is 2.83. The zero-order valence-electron chi connectivity index (χ0n) is 19.3. The number of carbonyl (C=O) groups excluding carboxylic acids is 2. The topological polar surface area (TPSA) is 68.3 Å². The molecule has 6 heteroatoms. The molecule has 1 aromatic heterocycles. The van der Waals surface area contributed by atoms with Gasteiger partial charge < -0.3 is 10.1 Å². The number of anilines is 1. The highest BCUT2D eigenvalue weighted by Crippen LogP contribution is 2.29. The van der Waals surface area contributed by atoms with Crippen molar-refractivity contribution >= 4 is 44.4 Å². The van der Waals surface area contributed by atoms with E-state index in [-0.39, 0.29) is 11.9 Å². The van der Waals surface area contributed by atoms with Crippen molar-refractivity contribution in [1.82, 2.24) is 4.98 Å². The Morgan fingerprint density at radius 2 is 1.68 bits per heavy atom. The summed E-state index contributed by atoms with van der Waals surface area (Å²) in [5, 5.41) is 3.76. The van der Waals surface area contributed by atoms with Gasteiger partial charge in [-0.1, -0.05) is 46.6 Å². The molecule has 4 rings (SSSR count). The Morgan fingerprint density at radius 3 is 2.35 bits per heavy atom. The summed E-state index contributed by atoms with van der Waals surface area (Å²) in [6.07, 6.45) is 0.765. The number of nitrogens with zero attached hydrogens (tertiary/aromatic N) is 1. The third-order valence-corrected chi connectivity index (χ3v) is 5.98. The van der Waals surface area contributed by atoms with E-state index < -0.39 is 0 Å². The molecule has 0 saturated heterocycles. The van der Waals surface area contributed by atoms with Crippen molar-refractivity contribution in [3.05, 3.63) is 93.5 Å². The first kappa shape index (κ1) is 23.6. The minimum Gasteiger partial charge on any atom is -0.462 e. The molecule has 0 radical (unpaired) electrons. The van der Waals surface area contributed by atoms with Crippen molar-refractivity contribution in [1.29, 1.82) is 0 Å². The molecule has 0 aliphatic rings. The number of hydrogen-bond acceptors (Lipinski definition) is 4. The highest BCUT2D eigenvalue weighted by atomic mass is 79.9. The van der Waals surface area contributed by atoms with Crippen molar-refractivity contribution in [2.24, 2.45) is 0 Å². The summed E-state index contributed by atoms with van der Waals surface area (Å²) in [5.41, 5.74) is 6.11. The van der Waals surface area contributed by atoms with Crippen LogP contribution >= 0.6 is 15.9 Å². The van der Waals surface area contributed by atoms with Crippen molar-refractivity contribution in [2.75, 3.05) is 11.9 Å². The first-order valence-corrected chi connectivity index (χ1v) is 11.9. The van der Waals surface area contributed by atoms with Crippen LogP contribution in [-0.2, 0) is 4.74 Å². The molecule has 0 fully saturated rings. The number of nitrogens with one attached hydrogen (secondary N) is 1. The van der Waals surface area contributed by atoms with E-state index in [1.165, 1.54) is 0 Å². The first-order valence-electron chi connectivity index (χ1n) is 11.1. The van der Waals surface area contributed by atoms with E-state index in [2.05, 4.69) is 27.3 Å². The summed E-state index contributed by atoms with van der Waals surface area (Å²) in [4.78, 5) is 30.3. The Kier molecular flexibility index (Phi) is 7.08. The summed E-state index contributed by atoms with van der Waals surface area (Å²) >= 11 is 3.46. The molecule has 4 aromatic rings. The van der Waals surface area contributed by atoms with Gasteiger partial charge >= 0.3 is 5.97 Å². The second kappa shape index (κ2) is 10.2. The molecular weight excluding hydrogens is 492 g/mol. The molecule has 1 N–H and O–H groups in total. The first-order chi connectivity index (χ1) is 16.4. The van der Waals surface area contributed by atoms with E-state index in [0.717, 1.165) is 44.2 Å². The highest BCUT2D eigenvalue weighted by molar-refractivity contribution is 9.10. The number of ether oxygens (including phenoxy) is 1. The maximum absolute atomic E-state index is 13.4. The molecule has 1 amide bonds. The van der Waals surface area contributed by atoms with Crippen molar-refractivity contribution < 1.29 is 14.3 Å². The maximum Gasteiger partial charge on any atom is 0.338 e. The lowest BCUT2D eigenvalue weighted by molar-refractivity contribution is 0.0505.